The maximum absolute atomic E-state index is 12.2. The first-order chi connectivity index (χ1) is 16.5. The van der Waals surface area contributed by atoms with Crippen molar-refractivity contribution in [1.29, 1.82) is 0 Å². The maximum atomic E-state index is 12.2. The molecule has 0 radical (unpaired) electrons. The van der Waals surface area contributed by atoms with Gasteiger partial charge < -0.3 is 14.8 Å². The van der Waals surface area contributed by atoms with E-state index in [4.69, 9.17) is 9.47 Å². The molecule has 0 saturated carbocycles. The fourth-order valence-electron chi connectivity index (χ4n) is 3.22. The molecule has 0 aliphatic rings. The second-order valence-electron chi connectivity index (χ2n) is 7.88. The Balaban J connectivity index is 1.31. The van der Waals surface area contributed by atoms with Crippen molar-refractivity contribution < 1.29 is 14.3 Å². The lowest BCUT2D eigenvalue weighted by molar-refractivity contribution is -0.118. The van der Waals surface area contributed by atoms with Crippen LogP contribution in [-0.4, -0.2) is 18.7 Å². The van der Waals surface area contributed by atoms with Gasteiger partial charge in [0.1, 0.15) is 17.2 Å². The highest BCUT2D eigenvalue weighted by Crippen LogP contribution is 2.24. The monoisotopic (exact) mass is 450 g/mol. The van der Waals surface area contributed by atoms with Crippen LogP contribution in [-0.2, 0) is 4.79 Å². The van der Waals surface area contributed by atoms with Gasteiger partial charge in [-0.25, -0.2) is 0 Å². The predicted octanol–water partition coefficient (Wildman–Crippen LogP) is 6.86. The number of carbonyl (C=O) groups is 1. The molecule has 0 heterocycles. The van der Waals surface area contributed by atoms with E-state index >= 15 is 0 Å². The van der Waals surface area contributed by atoms with Crippen molar-refractivity contribution in [3.05, 3.63) is 114 Å². The topological polar surface area (TPSA) is 59.9 Å². The van der Waals surface area contributed by atoms with Crippen LogP contribution >= 0.6 is 0 Å². The maximum Gasteiger partial charge on any atom is 0.262 e. The zero-order chi connectivity index (χ0) is 23.8. The number of hydrogen-bond donors (Lipinski definition) is 1. The molecule has 4 aromatic carbocycles. The molecule has 0 saturated heterocycles. The van der Waals surface area contributed by atoms with E-state index in [1.807, 2.05) is 111 Å². The van der Waals surface area contributed by atoms with Crippen LogP contribution in [0.25, 0.3) is 0 Å². The molecule has 4 rings (SSSR count). The highest BCUT2D eigenvalue weighted by atomic mass is 16.5. The molecular weight excluding hydrogens is 424 g/mol. The van der Waals surface area contributed by atoms with Crippen LogP contribution in [0.15, 0.2) is 102 Å². The van der Waals surface area contributed by atoms with Crippen LogP contribution < -0.4 is 14.8 Å². The van der Waals surface area contributed by atoms with Gasteiger partial charge in [0.2, 0.25) is 0 Å². The minimum atomic E-state index is -0.208. The summed E-state index contributed by atoms with van der Waals surface area (Å²) in [7, 11) is 0. The van der Waals surface area contributed by atoms with Crippen molar-refractivity contribution in [2.75, 3.05) is 11.9 Å². The van der Waals surface area contributed by atoms with Crippen molar-refractivity contribution in [1.82, 2.24) is 0 Å². The number of carbonyl (C=O) groups excluding carboxylic acids is 1. The summed E-state index contributed by atoms with van der Waals surface area (Å²) in [6.07, 6.45) is 1.76. The summed E-state index contributed by atoms with van der Waals surface area (Å²) < 4.78 is 11.5. The number of nitrogens with one attached hydrogen (secondary N) is 1. The predicted molar refractivity (Wildman–Crippen MR) is 137 cm³/mol. The van der Waals surface area contributed by atoms with Gasteiger partial charge in [-0.1, -0.05) is 36.4 Å². The molecule has 0 unspecified atom stereocenters. The molecule has 0 bridgehead atoms. The van der Waals surface area contributed by atoms with Crippen molar-refractivity contribution >= 4 is 23.5 Å². The number of amides is 1. The Labute approximate surface area is 199 Å². The molecule has 5 heteroatoms. The van der Waals surface area contributed by atoms with E-state index < -0.39 is 0 Å². The number of ether oxygens (including phenoxy) is 2. The number of benzene rings is 4. The number of hydrogen-bond acceptors (Lipinski definition) is 4. The summed E-state index contributed by atoms with van der Waals surface area (Å²) in [6.45, 7) is 3.98. The van der Waals surface area contributed by atoms with Gasteiger partial charge in [-0.05, 0) is 91.2 Å². The number of aryl methyl sites for hydroxylation is 2. The van der Waals surface area contributed by atoms with Gasteiger partial charge in [0.05, 0.1) is 5.69 Å². The van der Waals surface area contributed by atoms with Crippen LogP contribution in [0.3, 0.4) is 0 Å². The van der Waals surface area contributed by atoms with Crippen LogP contribution in [0.1, 0.15) is 16.7 Å². The summed E-state index contributed by atoms with van der Waals surface area (Å²) in [4.78, 5) is 16.8. The third-order valence-electron chi connectivity index (χ3n) is 5.20. The lowest BCUT2D eigenvalue weighted by Crippen LogP contribution is -2.20. The van der Waals surface area contributed by atoms with E-state index in [1.54, 1.807) is 6.21 Å². The summed E-state index contributed by atoms with van der Waals surface area (Å²) in [6, 6.07) is 30.5. The number of para-hydroxylation sites is 1. The van der Waals surface area contributed by atoms with E-state index in [9.17, 15) is 4.79 Å². The fraction of sp³-hybridized carbons (Fsp3) is 0.103. The first-order valence-electron chi connectivity index (χ1n) is 11.0. The molecule has 0 fully saturated rings. The number of aliphatic imine (C=N–C) groups is 1. The van der Waals surface area contributed by atoms with Gasteiger partial charge in [-0.15, -0.1) is 0 Å². The quantitative estimate of drug-likeness (QED) is 0.298. The summed E-state index contributed by atoms with van der Waals surface area (Å²) >= 11 is 0. The third-order valence-corrected chi connectivity index (χ3v) is 5.20. The smallest absolute Gasteiger partial charge is 0.262 e. The molecule has 0 spiro atoms. The largest absolute Gasteiger partial charge is 0.484 e. The van der Waals surface area contributed by atoms with Crippen molar-refractivity contribution in [2.45, 2.75) is 13.8 Å². The molecular formula is C29H26N2O3. The fourth-order valence-corrected chi connectivity index (χ4v) is 3.22. The Morgan fingerprint density at radius 3 is 2.29 bits per heavy atom. The van der Waals surface area contributed by atoms with Crippen LogP contribution in [0.5, 0.6) is 17.2 Å². The zero-order valence-corrected chi connectivity index (χ0v) is 19.2. The number of nitrogens with zero attached hydrogens (tertiary/aromatic N) is 1. The average molecular weight is 451 g/mol. The second kappa shape index (κ2) is 11.0. The van der Waals surface area contributed by atoms with E-state index in [0.29, 0.717) is 5.75 Å². The molecule has 0 aromatic heterocycles. The molecule has 34 heavy (non-hydrogen) atoms. The molecule has 0 atom stereocenters. The second-order valence-corrected chi connectivity index (χ2v) is 7.88. The van der Waals surface area contributed by atoms with E-state index in [0.717, 1.165) is 34.0 Å². The Kier molecular flexibility index (Phi) is 7.35. The first kappa shape index (κ1) is 22.8. The minimum absolute atomic E-state index is 0.0730. The molecule has 0 aliphatic carbocycles. The highest BCUT2D eigenvalue weighted by molar-refractivity contribution is 5.92. The van der Waals surface area contributed by atoms with Gasteiger partial charge in [-0.3, -0.25) is 9.79 Å². The van der Waals surface area contributed by atoms with Gasteiger partial charge in [0, 0.05) is 11.9 Å². The number of rotatable bonds is 8. The Morgan fingerprint density at radius 2 is 1.53 bits per heavy atom. The summed E-state index contributed by atoms with van der Waals surface area (Å²) in [5.74, 6) is 1.93. The average Bonchev–Trinajstić information content (AvgIpc) is 2.86. The van der Waals surface area contributed by atoms with Gasteiger partial charge in [0.15, 0.2) is 6.61 Å². The molecule has 0 aliphatic heterocycles. The summed E-state index contributed by atoms with van der Waals surface area (Å²) in [5, 5.41) is 2.86. The van der Waals surface area contributed by atoms with E-state index in [-0.39, 0.29) is 12.5 Å². The van der Waals surface area contributed by atoms with Gasteiger partial charge in [-0.2, -0.15) is 0 Å². The van der Waals surface area contributed by atoms with Gasteiger partial charge in [0.25, 0.3) is 5.91 Å². The van der Waals surface area contributed by atoms with Crippen molar-refractivity contribution in [2.24, 2.45) is 4.99 Å². The Hall–Kier alpha value is -4.38. The molecule has 1 N–H and O–H groups in total. The first-order valence-corrected chi connectivity index (χ1v) is 11.0. The van der Waals surface area contributed by atoms with Gasteiger partial charge >= 0.3 is 0 Å². The standard InChI is InChI=1S/C29H26N2O3/c1-21-11-12-25(17-22(21)2)31-29(32)20-33-28-10-6-7-23(18-28)19-30-24-13-15-27(16-14-24)34-26-8-4-3-5-9-26/h3-19H,20H2,1-2H3,(H,31,32). The highest BCUT2D eigenvalue weighted by Gasteiger charge is 2.05. The van der Waals surface area contributed by atoms with Crippen molar-refractivity contribution in [3.8, 4) is 17.2 Å². The zero-order valence-electron chi connectivity index (χ0n) is 19.2. The lowest BCUT2D eigenvalue weighted by atomic mass is 10.1. The van der Waals surface area contributed by atoms with E-state index in [2.05, 4.69) is 10.3 Å². The van der Waals surface area contributed by atoms with Crippen LogP contribution in [0, 0.1) is 13.8 Å². The third kappa shape index (κ3) is 6.56. The lowest BCUT2D eigenvalue weighted by Gasteiger charge is -2.09. The van der Waals surface area contributed by atoms with Crippen LogP contribution in [0.2, 0.25) is 0 Å². The van der Waals surface area contributed by atoms with Crippen molar-refractivity contribution in [3.63, 3.8) is 0 Å². The minimum Gasteiger partial charge on any atom is -0.484 e. The summed E-state index contributed by atoms with van der Waals surface area (Å²) in [5.41, 5.74) is 4.75. The molecule has 5 nitrogen and oxygen atoms in total. The normalized spacial score (nSPS) is 10.8. The molecule has 4 aromatic rings. The van der Waals surface area contributed by atoms with E-state index in [1.165, 1.54) is 5.56 Å². The molecule has 170 valence electrons. The Morgan fingerprint density at radius 1 is 0.794 bits per heavy atom. The number of anilines is 1. The molecule has 1 amide bonds. The SMILES string of the molecule is Cc1ccc(NC(=O)COc2cccc(C=Nc3ccc(Oc4ccccc4)cc3)c2)cc1C. The van der Waals surface area contributed by atoms with Crippen LogP contribution in [0.4, 0.5) is 11.4 Å². The Bertz CT molecular complexity index is 1280.